The first-order chi connectivity index (χ1) is 8.17. The molecule has 1 aromatic rings. The average Bonchev–Trinajstić information content (AvgIpc) is 2.30. The van der Waals surface area contributed by atoms with Gasteiger partial charge in [-0.25, -0.2) is 0 Å². The molecule has 0 amide bonds. The second-order valence-electron chi connectivity index (χ2n) is 3.97. The van der Waals surface area contributed by atoms with Gasteiger partial charge in [0.2, 0.25) is 0 Å². The van der Waals surface area contributed by atoms with Crippen LogP contribution >= 0.6 is 15.9 Å². The highest BCUT2D eigenvalue weighted by molar-refractivity contribution is 9.10. The lowest BCUT2D eigenvalue weighted by atomic mass is 10.1. The smallest absolute Gasteiger partial charge is 0.146 e. The zero-order valence-electron chi connectivity index (χ0n) is 10.4. The molecule has 0 fully saturated rings. The Morgan fingerprint density at radius 1 is 1.41 bits per heavy atom. The summed E-state index contributed by atoms with van der Waals surface area (Å²) < 4.78 is 5.44. The summed E-state index contributed by atoms with van der Waals surface area (Å²) in [5.41, 5.74) is 1.13. The number of hydrogen-bond donors (Lipinski definition) is 0. The Hall–Kier alpha value is -0.830. The first-order valence-corrected chi connectivity index (χ1v) is 6.97. The van der Waals surface area contributed by atoms with E-state index in [0.29, 0.717) is 13.0 Å². The van der Waals surface area contributed by atoms with Crippen molar-refractivity contribution in [1.82, 2.24) is 0 Å². The average molecular weight is 299 g/mol. The fourth-order valence-electron chi connectivity index (χ4n) is 1.65. The van der Waals surface area contributed by atoms with Gasteiger partial charge < -0.3 is 4.74 Å². The number of carbonyl (C=O) groups excluding carboxylic acids is 1. The van der Waals surface area contributed by atoms with E-state index in [1.807, 2.05) is 38.1 Å². The summed E-state index contributed by atoms with van der Waals surface area (Å²) in [7, 11) is 0. The van der Waals surface area contributed by atoms with Gasteiger partial charge >= 0.3 is 0 Å². The quantitative estimate of drug-likeness (QED) is 0.717. The van der Waals surface area contributed by atoms with E-state index in [4.69, 9.17) is 4.74 Å². The lowest BCUT2D eigenvalue weighted by Gasteiger charge is -2.10. The minimum absolute atomic E-state index is 0.0840. The van der Waals surface area contributed by atoms with Crippen molar-refractivity contribution in [1.29, 1.82) is 0 Å². The Kier molecular flexibility index (Phi) is 6.27. The van der Waals surface area contributed by atoms with Gasteiger partial charge in [-0.15, -0.1) is 0 Å². The highest BCUT2D eigenvalue weighted by atomic mass is 79.9. The van der Waals surface area contributed by atoms with E-state index >= 15 is 0 Å². The van der Waals surface area contributed by atoms with Crippen LogP contribution in [0.5, 0.6) is 5.75 Å². The van der Waals surface area contributed by atoms with Crippen LogP contribution < -0.4 is 4.74 Å². The largest absolute Gasteiger partial charge is 0.494 e. The fraction of sp³-hybridized carbons (Fsp3) is 0.500. The van der Waals surface area contributed by atoms with Crippen LogP contribution in [0.1, 0.15) is 32.3 Å². The van der Waals surface area contributed by atoms with Gasteiger partial charge in [-0.2, -0.15) is 0 Å². The molecule has 0 aliphatic heterocycles. The van der Waals surface area contributed by atoms with Crippen LogP contribution in [0.25, 0.3) is 0 Å². The first-order valence-electron chi connectivity index (χ1n) is 6.05. The Labute approximate surface area is 111 Å². The minimum atomic E-state index is -0.0840. The molecule has 3 heteroatoms. The third-order valence-corrected chi connectivity index (χ3v) is 3.30. The minimum Gasteiger partial charge on any atom is -0.494 e. The first kappa shape index (κ1) is 14.2. The predicted molar refractivity (Wildman–Crippen MR) is 73.9 cm³/mol. The lowest BCUT2D eigenvalue weighted by Crippen LogP contribution is -2.16. The Morgan fingerprint density at radius 2 is 2.18 bits per heavy atom. The van der Waals surface area contributed by atoms with Crippen LogP contribution in [0.2, 0.25) is 0 Å². The summed E-state index contributed by atoms with van der Waals surface area (Å²) in [5, 5.41) is 0. The van der Waals surface area contributed by atoms with Crippen LogP contribution in [-0.4, -0.2) is 17.2 Å². The molecule has 0 radical (unpaired) electrons. The standard InChI is InChI=1S/C14H19BrO2/c1-3-6-14(16)13(15)10-11-7-5-8-12(9-11)17-4-2/h5,7-9,13H,3-4,6,10H2,1-2H3. The zero-order valence-corrected chi connectivity index (χ0v) is 12.0. The van der Waals surface area contributed by atoms with Crippen LogP contribution in [-0.2, 0) is 11.2 Å². The van der Waals surface area contributed by atoms with E-state index < -0.39 is 0 Å². The molecule has 0 saturated carbocycles. The van der Waals surface area contributed by atoms with Crippen LogP contribution in [0, 0.1) is 0 Å². The summed E-state index contributed by atoms with van der Waals surface area (Å²) >= 11 is 3.45. The predicted octanol–water partition coefficient (Wildman–Crippen LogP) is 3.76. The number of carbonyl (C=O) groups is 1. The van der Waals surface area contributed by atoms with Crippen LogP contribution in [0.15, 0.2) is 24.3 Å². The maximum atomic E-state index is 11.7. The van der Waals surface area contributed by atoms with E-state index in [0.717, 1.165) is 24.2 Å². The number of hydrogen-bond acceptors (Lipinski definition) is 2. The third kappa shape index (κ3) is 4.90. The highest BCUT2D eigenvalue weighted by Gasteiger charge is 2.14. The number of Topliss-reactive ketones (excluding diaryl/α,β-unsaturated/α-hetero) is 1. The van der Waals surface area contributed by atoms with E-state index in [1.165, 1.54) is 0 Å². The molecule has 0 N–H and O–H groups in total. The van der Waals surface area contributed by atoms with Gasteiger partial charge in [0.05, 0.1) is 11.4 Å². The molecule has 0 heterocycles. The van der Waals surface area contributed by atoms with Gasteiger partial charge in [0.25, 0.3) is 0 Å². The second-order valence-corrected chi connectivity index (χ2v) is 5.07. The summed E-state index contributed by atoms with van der Waals surface area (Å²) in [6, 6.07) is 7.92. The Bertz CT molecular complexity index is 363. The van der Waals surface area contributed by atoms with Gasteiger partial charge in [-0.1, -0.05) is 35.0 Å². The molecule has 0 saturated heterocycles. The van der Waals surface area contributed by atoms with E-state index in [-0.39, 0.29) is 10.6 Å². The second kappa shape index (κ2) is 7.49. The number of ketones is 1. The molecule has 0 bridgehead atoms. The van der Waals surface area contributed by atoms with Crippen molar-refractivity contribution in [2.75, 3.05) is 6.61 Å². The molecule has 0 aliphatic rings. The van der Waals surface area contributed by atoms with Gasteiger partial charge in [0, 0.05) is 6.42 Å². The Balaban J connectivity index is 2.61. The molecular formula is C14H19BrO2. The van der Waals surface area contributed by atoms with Gasteiger partial charge in [0.1, 0.15) is 11.5 Å². The molecule has 1 rings (SSSR count). The van der Waals surface area contributed by atoms with Gasteiger partial charge in [0.15, 0.2) is 0 Å². The van der Waals surface area contributed by atoms with Crippen molar-refractivity contribution in [2.45, 2.75) is 37.9 Å². The summed E-state index contributed by atoms with van der Waals surface area (Å²) in [4.78, 5) is 11.6. The molecule has 0 aliphatic carbocycles. The van der Waals surface area contributed by atoms with Crippen molar-refractivity contribution in [2.24, 2.45) is 0 Å². The summed E-state index contributed by atoms with van der Waals surface area (Å²) in [5.74, 6) is 1.14. The molecule has 1 aromatic carbocycles. The number of ether oxygens (including phenoxy) is 1. The molecule has 94 valence electrons. The molecule has 0 aromatic heterocycles. The fourth-order valence-corrected chi connectivity index (χ4v) is 2.26. The molecule has 1 atom stereocenters. The molecule has 0 spiro atoms. The van der Waals surface area contributed by atoms with Gasteiger partial charge in [-0.05, 0) is 37.5 Å². The maximum absolute atomic E-state index is 11.7. The van der Waals surface area contributed by atoms with E-state index in [2.05, 4.69) is 15.9 Å². The number of benzene rings is 1. The van der Waals surface area contributed by atoms with Crippen molar-refractivity contribution in [3.63, 3.8) is 0 Å². The summed E-state index contributed by atoms with van der Waals surface area (Å²) in [6.07, 6.45) is 2.26. The highest BCUT2D eigenvalue weighted by Crippen LogP contribution is 2.18. The number of halogens is 1. The summed E-state index contributed by atoms with van der Waals surface area (Å²) in [6.45, 7) is 4.65. The normalized spacial score (nSPS) is 12.2. The number of alkyl halides is 1. The number of rotatable bonds is 7. The van der Waals surface area contributed by atoms with Crippen LogP contribution in [0.3, 0.4) is 0 Å². The molecule has 17 heavy (non-hydrogen) atoms. The monoisotopic (exact) mass is 298 g/mol. The van der Waals surface area contributed by atoms with Crippen LogP contribution in [0.4, 0.5) is 0 Å². The zero-order chi connectivity index (χ0) is 12.7. The van der Waals surface area contributed by atoms with Crippen molar-refractivity contribution in [3.05, 3.63) is 29.8 Å². The SMILES string of the molecule is CCCC(=O)C(Br)Cc1cccc(OCC)c1. The lowest BCUT2D eigenvalue weighted by molar-refractivity contribution is -0.118. The van der Waals surface area contributed by atoms with Crippen molar-refractivity contribution in [3.8, 4) is 5.75 Å². The van der Waals surface area contributed by atoms with Crippen molar-refractivity contribution < 1.29 is 9.53 Å². The molecule has 1 unspecified atom stereocenters. The third-order valence-electron chi connectivity index (χ3n) is 2.47. The maximum Gasteiger partial charge on any atom is 0.146 e. The van der Waals surface area contributed by atoms with E-state index in [9.17, 15) is 4.79 Å². The topological polar surface area (TPSA) is 26.3 Å². The molecular weight excluding hydrogens is 280 g/mol. The van der Waals surface area contributed by atoms with Crippen molar-refractivity contribution >= 4 is 21.7 Å². The molecule has 2 nitrogen and oxygen atoms in total. The van der Waals surface area contributed by atoms with E-state index in [1.54, 1.807) is 0 Å². The Morgan fingerprint density at radius 3 is 2.82 bits per heavy atom. The van der Waals surface area contributed by atoms with Gasteiger partial charge in [-0.3, -0.25) is 4.79 Å².